The summed E-state index contributed by atoms with van der Waals surface area (Å²) in [6.07, 6.45) is 7.51. The fourth-order valence-corrected chi connectivity index (χ4v) is 5.88. The highest BCUT2D eigenvalue weighted by atomic mass is 19.1. The molecule has 0 saturated carbocycles. The summed E-state index contributed by atoms with van der Waals surface area (Å²) in [6.45, 7) is 5.30. The molecule has 0 unspecified atom stereocenters. The molecule has 33 heavy (non-hydrogen) atoms. The topological polar surface area (TPSA) is 52.1 Å². The summed E-state index contributed by atoms with van der Waals surface area (Å²) in [4.78, 5) is 12.1. The first-order valence-electron chi connectivity index (χ1n) is 12.4. The Morgan fingerprint density at radius 3 is 2.61 bits per heavy atom. The van der Waals surface area contributed by atoms with Crippen molar-refractivity contribution < 1.29 is 14.2 Å². The molecule has 3 fully saturated rings. The largest absolute Gasteiger partial charge is 0.394 e. The lowest BCUT2D eigenvalue weighted by Gasteiger charge is -2.41. The van der Waals surface area contributed by atoms with Gasteiger partial charge in [0.2, 0.25) is 0 Å². The van der Waals surface area contributed by atoms with Crippen molar-refractivity contribution >= 4 is 17.2 Å². The van der Waals surface area contributed by atoms with Crippen LogP contribution in [-0.2, 0) is 4.74 Å². The number of fused-ring (bicyclic) bond motifs is 1. The first-order valence-corrected chi connectivity index (χ1v) is 12.4. The van der Waals surface area contributed by atoms with Crippen molar-refractivity contribution in [2.24, 2.45) is 5.92 Å². The Bertz CT molecular complexity index is 921. The second kappa shape index (κ2) is 10.3. The predicted molar refractivity (Wildman–Crippen MR) is 130 cm³/mol. The summed E-state index contributed by atoms with van der Waals surface area (Å²) in [5.41, 5.74) is 2.25. The number of aliphatic hydroxyl groups excluding tert-OH is 1. The molecular weight excluding hydrogens is 419 g/mol. The van der Waals surface area contributed by atoms with E-state index in [1.165, 1.54) is 11.8 Å². The van der Waals surface area contributed by atoms with Crippen LogP contribution in [0.2, 0.25) is 0 Å². The minimum absolute atomic E-state index is 0.0942. The number of hydrogen-bond acceptors (Lipinski definition) is 6. The number of aliphatic hydroxyl groups is 1. The Morgan fingerprint density at radius 2 is 1.79 bits per heavy atom. The van der Waals surface area contributed by atoms with Gasteiger partial charge < -0.3 is 24.5 Å². The maximum atomic E-state index is 13.9. The molecule has 6 nitrogen and oxygen atoms in total. The number of halogens is 1. The number of anilines is 3. The molecule has 5 rings (SSSR count). The molecule has 0 bridgehead atoms. The Balaban J connectivity index is 1.25. The van der Waals surface area contributed by atoms with Gasteiger partial charge in [-0.1, -0.05) is 6.07 Å². The van der Waals surface area contributed by atoms with Crippen LogP contribution in [0, 0.1) is 11.7 Å². The van der Waals surface area contributed by atoms with E-state index in [9.17, 15) is 4.39 Å². The highest BCUT2D eigenvalue weighted by molar-refractivity contribution is 5.58. The Morgan fingerprint density at radius 1 is 0.939 bits per heavy atom. The molecule has 3 aliphatic rings. The first-order chi connectivity index (χ1) is 16.2. The van der Waals surface area contributed by atoms with Gasteiger partial charge in [-0.05, 0) is 62.3 Å². The van der Waals surface area contributed by atoms with Crippen LogP contribution in [-0.4, -0.2) is 68.2 Å². The number of aromatic nitrogens is 1. The molecule has 4 heterocycles. The summed E-state index contributed by atoms with van der Waals surface area (Å²) in [5.74, 6) is 1.47. The third-order valence-electron chi connectivity index (χ3n) is 7.54. The fraction of sp³-hybridized carbons (Fsp3) is 0.577. The van der Waals surface area contributed by atoms with E-state index in [1.807, 2.05) is 18.3 Å². The number of hydrogen-bond donors (Lipinski definition) is 1. The lowest BCUT2D eigenvalue weighted by Crippen LogP contribution is -2.50. The van der Waals surface area contributed by atoms with Crippen molar-refractivity contribution in [1.82, 2.24) is 4.98 Å². The Hall–Kier alpha value is -2.38. The zero-order valence-corrected chi connectivity index (χ0v) is 19.3. The van der Waals surface area contributed by atoms with Gasteiger partial charge in [-0.15, -0.1) is 0 Å². The van der Waals surface area contributed by atoms with Crippen molar-refractivity contribution in [3.8, 4) is 0 Å². The SMILES string of the molecule is OCCOCC1CCN(c2ccnc(N3CC[C@@H]4[C@H]3CCCN4c3cccc(F)c3)c2)CC1. The van der Waals surface area contributed by atoms with Gasteiger partial charge in [-0.25, -0.2) is 9.37 Å². The van der Waals surface area contributed by atoms with E-state index in [0.717, 1.165) is 76.4 Å². The smallest absolute Gasteiger partial charge is 0.130 e. The van der Waals surface area contributed by atoms with Crippen LogP contribution >= 0.6 is 0 Å². The van der Waals surface area contributed by atoms with Crippen LogP contribution in [0.4, 0.5) is 21.6 Å². The molecule has 2 atom stereocenters. The summed E-state index contributed by atoms with van der Waals surface area (Å²) >= 11 is 0. The number of rotatable bonds is 7. The fourth-order valence-electron chi connectivity index (χ4n) is 5.88. The molecule has 3 aliphatic heterocycles. The molecule has 0 spiro atoms. The molecule has 1 aromatic heterocycles. The van der Waals surface area contributed by atoms with Gasteiger partial charge in [-0.2, -0.15) is 0 Å². The highest BCUT2D eigenvalue weighted by Gasteiger charge is 2.41. The third-order valence-corrected chi connectivity index (χ3v) is 7.54. The van der Waals surface area contributed by atoms with Crippen molar-refractivity contribution in [3.63, 3.8) is 0 Å². The average molecular weight is 455 g/mol. The third kappa shape index (κ3) is 4.94. The zero-order valence-electron chi connectivity index (χ0n) is 19.3. The van der Waals surface area contributed by atoms with Crippen molar-refractivity contribution in [2.75, 3.05) is 60.7 Å². The highest BCUT2D eigenvalue weighted by Crippen LogP contribution is 2.37. The molecule has 3 saturated heterocycles. The standard InChI is InChI=1S/C26H35FN4O2/c27-21-3-1-4-23(17-21)30-11-2-5-24-25(30)9-14-31(24)26-18-22(6-10-28-26)29-12-7-20(8-13-29)19-33-16-15-32/h1,3-4,6,10,17-18,20,24-25,32H,2,5,7-9,11-16,19H2/t24-,25-/m1/s1. The zero-order chi connectivity index (χ0) is 22.6. The quantitative estimate of drug-likeness (QED) is 0.644. The number of ether oxygens (including phenoxy) is 1. The summed E-state index contributed by atoms with van der Waals surface area (Å²) in [7, 11) is 0. The van der Waals surface area contributed by atoms with E-state index in [0.29, 0.717) is 24.6 Å². The average Bonchev–Trinajstić information content (AvgIpc) is 3.29. The van der Waals surface area contributed by atoms with Crippen molar-refractivity contribution in [3.05, 3.63) is 48.4 Å². The second-order valence-corrected chi connectivity index (χ2v) is 9.53. The minimum atomic E-state index is -0.164. The van der Waals surface area contributed by atoms with Gasteiger partial charge in [0.15, 0.2) is 0 Å². The van der Waals surface area contributed by atoms with Gasteiger partial charge in [-0.3, -0.25) is 0 Å². The molecule has 0 amide bonds. The summed E-state index contributed by atoms with van der Waals surface area (Å²) < 4.78 is 19.4. The van der Waals surface area contributed by atoms with E-state index in [1.54, 1.807) is 6.07 Å². The maximum Gasteiger partial charge on any atom is 0.130 e. The normalized spacial score (nSPS) is 23.8. The van der Waals surface area contributed by atoms with E-state index in [2.05, 4.69) is 26.8 Å². The van der Waals surface area contributed by atoms with Crippen LogP contribution in [0.5, 0.6) is 0 Å². The maximum absolute atomic E-state index is 13.9. The van der Waals surface area contributed by atoms with Crippen molar-refractivity contribution in [2.45, 2.75) is 44.2 Å². The number of pyridine rings is 1. The van der Waals surface area contributed by atoms with Gasteiger partial charge >= 0.3 is 0 Å². The Labute approximate surface area is 196 Å². The number of piperidine rings is 2. The van der Waals surface area contributed by atoms with Crippen LogP contribution in [0.25, 0.3) is 0 Å². The van der Waals surface area contributed by atoms with Crippen LogP contribution < -0.4 is 14.7 Å². The molecule has 178 valence electrons. The van der Waals surface area contributed by atoms with Gasteiger partial charge in [0.1, 0.15) is 11.6 Å². The monoisotopic (exact) mass is 454 g/mol. The van der Waals surface area contributed by atoms with Gasteiger partial charge in [0.05, 0.1) is 25.3 Å². The minimum Gasteiger partial charge on any atom is -0.394 e. The summed E-state index contributed by atoms with van der Waals surface area (Å²) in [5, 5.41) is 8.90. The lowest BCUT2D eigenvalue weighted by molar-refractivity contribution is 0.0616. The molecule has 1 N–H and O–H groups in total. The van der Waals surface area contributed by atoms with E-state index < -0.39 is 0 Å². The first kappa shape index (κ1) is 22.4. The summed E-state index contributed by atoms with van der Waals surface area (Å²) in [6, 6.07) is 12.2. The van der Waals surface area contributed by atoms with E-state index in [4.69, 9.17) is 14.8 Å². The molecule has 2 aromatic rings. The van der Waals surface area contributed by atoms with E-state index in [-0.39, 0.29) is 12.4 Å². The van der Waals surface area contributed by atoms with Crippen LogP contribution in [0.15, 0.2) is 42.6 Å². The van der Waals surface area contributed by atoms with Gasteiger partial charge in [0, 0.05) is 56.4 Å². The molecule has 0 aliphatic carbocycles. The molecule has 1 aromatic carbocycles. The number of benzene rings is 1. The van der Waals surface area contributed by atoms with E-state index >= 15 is 0 Å². The number of nitrogens with zero attached hydrogens (tertiary/aromatic N) is 4. The predicted octanol–water partition coefficient (Wildman–Crippen LogP) is 3.69. The van der Waals surface area contributed by atoms with Crippen LogP contribution in [0.3, 0.4) is 0 Å². The molecule has 7 heteroatoms. The van der Waals surface area contributed by atoms with Gasteiger partial charge in [0.25, 0.3) is 0 Å². The lowest BCUT2D eigenvalue weighted by atomic mass is 9.96. The second-order valence-electron chi connectivity index (χ2n) is 9.53. The van der Waals surface area contributed by atoms with Crippen molar-refractivity contribution in [1.29, 1.82) is 0 Å². The molecular formula is C26H35FN4O2. The van der Waals surface area contributed by atoms with Crippen LogP contribution in [0.1, 0.15) is 32.1 Å². The molecule has 0 radical (unpaired) electrons. The Kier molecular flexibility index (Phi) is 6.97.